The van der Waals surface area contributed by atoms with Crippen LogP contribution in [0.25, 0.3) is 0 Å². The van der Waals surface area contributed by atoms with E-state index in [0.717, 1.165) is 38.7 Å². The molecule has 0 amide bonds. The van der Waals surface area contributed by atoms with Crippen molar-refractivity contribution in [2.24, 2.45) is 11.8 Å². The zero-order valence-corrected chi connectivity index (χ0v) is 11.4. The lowest BCUT2D eigenvalue weighted by molar-refractivity contribution is -0.148. The van der Waals surface area contributed by atoms with E-state index in [1.165, 1.54) is 0 Å². The van der Waals surface area contributed by atoms with Gasteiger partial charge in [-0.15, -0.1) is 0 Å². The summed E-state index contributed by atoms with van der Waals surface area (Å²) in [6.45, 7) is 5.80. The van der Waals surface area contributed by atoms with Crippen molar-refractivity contribution in [1.82, 2.24) is 5.32 Å². The number of carboxylic acid groups (broad SMARTS) is 1. The Hall–Kier alpha value is -0.610. The summed E-state index contributed by atoms with van der Waals surface area (Å²) in [5.74, 6) is 0.252. The molecule has 2 N–H and O–H groups in total. The first-order valence-electron chi connectivity index (χ1n) is 7.12. The van der Waals surface area contributed by atoms with Crippen LogP contribution in [0, 0.1) is 11.8 Å². The summed E-state index contributed by atoms with van der Waals surface area (Å²) in [5, 5.41) is 12.9. The predicted molar refractivity (Wildman–Crippen MR) is 69.5 cm³/mol. The predicted octanol–water partition coefficient (Wildman–Crippen LogP) is 2.03. The molecule has 1 aliphatic carbocycles. The Balaban J connectivity index is 1.99. The van der Waals surface area contributed by atoms with Gasteiger partial charge in [0.2, 0.25) is 0 Å². The van der Waals surface area contributed by atoms with Crippen LogP contribution in [0.15, 0.2) is 0 Å². The molecule has 1 saturated carbocycles. The normalized spacial score (nSPS) is 40.9. The third kappa shape index (κ3) is 3.04. The number of rotatable bonds is 4. The van der Waals surface area contributed by atoms with E-state index < -0.39 is 11.5 Å². The minimum absolute atomic E-state index is 0.203. The van der Waals surface area contributed by atoms with Crippen molar-refractivity contribution in [3.63, 3.8) is 0 Å². The molecule has 0 aromatic carbocycles. The van der Waals surface area contributed by atoms with Gasteiger partial charge in [0, 0.05) is 13.2 Å². The second-order valence-electron chi connectivity index (χ2n) is 6.26. The van der Waals surface area contributed by atoms with Gasteiger partial charge in [-0.2, -0.15) is 0 Å². The van der Waals surface area contributed by atoms with Gasteiger partial charge < -0.3 is 9.84 Å². The maximum atomic E-state index is 11.7. The topological polar surface area (TPSA) is 58.6 Å². The first kappa shape index (κ1) is 13.8. The van der Waals surface area contributed by atoms with Crippen LogP contribution in [-0.2, 0) is 9.53 Å². The van der Waals surface area contributed by atoms with Crippen LogP contribution in [0.5, 0.6) is 0 Å². The molecular formula is C14H25NO3. The Morgan fingerprint density at radius 1 is 1.39 bits per heavy atom. The highest BCUT2D eigenvalue weighted by Gasteiger charge is 2.44. The molecule has 0 radical (unpaired) electrons. The summed E-state index contributed by atoms with van der Waals surface area (Å²) in [4.78, 5) is 11.7. The van der Waals surface area contributed by atoms with Crippen LogP contribution in [0.2, 0.25) is 0 Å². The summed E-state index contributed by atoms with van der Waals surface area (Å²) in [6, 6.07) is 0. The SMILES string of the molecule is CC1CC(C)CC(NCC2CCCO2)(C(=O)O)C1. The smallest absolute Gasteiger partial charge is 0.323 e. The quantitative estimate of drug-likeness (QED) is 0.807. The summed E-state index contributed by atoms with van der Waals surface area (Å²) in [7, 11) is 0. The molecule has 2 rings (SSSR count). The van der Waals surface area contributed by atoms with Crippen molar-refractivity contribution in [3.05, 3.63) is 0 Å². The van der Waals surface area contributed by atoms with Crippen LogP contribution in [0.3, 0.4) is 0 Å². The maximum absolute atomic E-state index is 11.7. The molecule has 3 atom stereocenters. The van der Waals surface area contributed by atoms with E-state index >= 15 is 0 Å². The number of ether oxygens (including phenoxy) is 1. The van der Waals surface area contributed by atoms with E-state index in [1.807, 2.05) is 0 Å². The van der Waals surface area contributed by atoms with Crippen molar-refractivity contribution in [3.8, 4) is 0 Å². The molecule has 0 aromatic heterocycles. The fourth-order valence-corrected chi connectivity index (χ4v) is 3.64. The minimum Gasteiger partial charge on any atom is -0.480 e. The third-order valence-electron chi connectivity index (χ3n) is 4.30. The molecule has 0 bridgehead atoms. The summed E-state index contributed by atoms with van der Waals surface area (Å²) < 4.78 is 5.57. The van der Waals surface area contributed by atoms with Gasteiger partial charge in [-0.05, 0) is 43.9 Å². The first-order chi connectivity index (χ1) is 8.52. The van der Waals surface area contributed by atoms with E-state index in [2.05, 4.69) is 19.2 Å². The number of carbonyl (C=O) groups is 1. The number of nitrogens with one attached hydrogen (secondary N) is 1. The van der Waals surface area contributed by atoms with Gasteiger partial charge in [0.25, 0.3) is 0 Å². The first-order valence-corrected chi connectivity index (χ1v) is 7.12. The Morgan fingerprint density at radius 2 is 2.06 bits per heavy atom. The van der Waals surface area contributed by atoms with Gasteiger partial charge in [0.1, 0.15) is 5.54 Å². The van der Waals surface area contributed by atoms with Gasteiger partial charge in [-0.1, -0.05) is 13.8 Å². The average Bonchev–Trinajstić information content (AvgIpc) is 2.77. The maximum Gasteiger partial charge on any atom is 0.323 e. The van der Waals surface area contributed by atoms with Crippen LogP contribution >= 0.6 is 0 Å². The summed E-state index contributed by atoms with van der Waals surface area (Å²) >= 11 is 0. The van der Waals surface area contributed by atoms with Crippen molar-refractivity contribution in [1.29, 1.82) is 0 Å². The molecule has 3 unspecified atom stereocenters. The van der Waals surface area contributed by atoms with Crippen LogP contribution in [-0.4, -0.2) is 35.9 Å². The third-order valence-corrected chi connectivity index (χ3v) is 4.30. The van der Waals surface area contributed by atoms with Crippen LogP contribution in [0.4, 0.5) is 0 Å². The molecule has 4 heteroatoms. The van der Waals surface area contributed by atoms with Crippen molar-refractivity contribution < 1.29 is 14.6 Å². The van der Waals surface area contributed by atoms with Crippen LogP contribution < -0.4 is 5.32 Å². The van der Waals surface area contributed by atoms with Crippen LogP contribution in [0.1, 0.15) is 46.0 Å². The van der Waals surface area contributed by atoms with Gasteiger partial charge in [-0.25, -0.2) is 0 Å². The lowest BCUT2D eigenvalue weighted by atomic mass is 9.71. The molecule has 4 nitrogen and oxygen atoms in total. The molecule has 1 saturated heterocycles. The van der Waals surface area contributed by atoms with E-state index in [-0.39, 0.29) is 6.10 Å². The Bertz CT molecular complexity index is 289. The second-order valence-corrected chi connectivity index (χ2v) is 6.26. The van der Waals surface area contributed by atoms with E-state index in [1.54, 1.807) is 0 Å². The lowest BCUT2D eigenvalue weighted by Gasteiger charge is -2.40. The highest BCUT2D eigenvalue weighted by molar-refractivity contribution is 5.79. The monoisotopic (exact) mass is 255 g/mol. The average molecular weight is 255 g/mol. The molecule has 2 fully saturated rings. The number of hydrogen-bond acceptors (Lipinski definition) is 3. The standard InChI is InChI=1S/C14H25NO3/c1-10-6-11(2)8-14(7-10,13(16)17)15-9-12-4-3-5-18-12/h10-12,15H,3-9H2,1-2H3,(H,16,17). The molecule has 0 aromatic rings. The highest BCUT2D eigenvalue weighted by Crippen LogP contribution is 2.36. The highest BCUT2D eigenvalue weighted by atomic mass is 16.5. The van der Waals surface area contributed by atoms with Crippen molar-refractivity contribution in [2.75, 3.05) is 13.2 Å². The second kappa shape index (κ2) is 5.57. The van der Waals surface area contributed by atoms with Gasteiger partial charge >= 0.3 is 5.97 Å². The fourth-order valence-electron chi connectivity index (χ4n) is 3.64. The summed E-state index contributed by atoms with van der Waals surface area (Å²) in [5.41, 5.74) is -0.733. The molecular weight excluding hydrogens is 230 g/mol. The zero-order valence-electron chi connectivity index (χ0n) is 11.4. The van der Waals surface area contributed by atoms with E-state index in [0.29, 0.717) is 18.4 Å². The van der Waals surface area contributed by atoms with E-state index in [9.17, 15) is 9.90 Å². The molecule has 104 valence electrons. The Kier molecular flexibility index (Phi) is 4.28. The molecule has 1 aliphatic heterocycles. The fraction of sp³-hybridized carbons (Fsp3) is 0.929. The molecule has 2 aliphatic rings. The lowest BCUT2D eigenvalue weighted by Crippen LogP contribution is -2.57. The number of carboxylic acids is 1. The Labute approximate surface area is 109 Å². The number of hydrogen-bond donors (Lipinski definition) is 2. The Morgan fingerprint density at radius 3 is 2.56 bits per heavy atom. The van der Waals surface area contributed by atoms with Crippen molar-refractivity contribution >= 4 is 5.97 Å². The van der Waals surface area contributed by atoms with Gasteiger partial charge in [0.15, 0.2) is 0 Å². The van der Waals surface area contributed by atoms with Gasteiger partial charge in [0.05, 0.1) is 6.10 Å². The molecule has 1 heterocycles. The largest absolute Gasteiger partial charge is 0.480 e. The molecule has 0 spiro atoms. The van der Waals surface area contributed by atoms with Crippen molar-refractivity contribution in [2.45, 2.75) is 57.6 Å². The molecule has 18 heavy (non-hydrogen) atoms. The summed E-state index contributed by atoms with van der Waals surface area (Å²) in [6.07, 6.45) is 4.95. The zero-order chi connectivity index (χ0) is 13.2. The van der Waals surface area contributed by atoms with Gasteiger partial charge in [-0.3, -0.25) is 10.1 Å². The minimum atomic E-state index is -0.733. The van der Waals surface area contributed by atoms with E-state index in [4.69, 9.17) is 4.74 Å². The number of aliphatic carboxylic acids is 1.